The zero-order valence-electron chi connectivity index (χ0n) is 12.4. The first-order valence-corrected chi connectivity index (χ1v) is 8.03. The van der Waals surface area contributed by atoms with Crippen LogP contribution in [0, 0.1) is 17.8 Å². The molecule has 1 saturated heterocycles. The molecule has 2 fully saturated rings. The molecule has 0 spiro atoms. The maximum absolute atomic E-state index is 11.3. The molecule has 19 heavy (non-hydrogen) atoms. The van der Waals surface area contributed by atoms with Gasteiger partial charge in [0.1, 0.15) is 6.10 Å². The molecule has 2 rings (SSSR count). The minimum atomic E-state index is 0.0155. The van der Waals surface area contributed by atoms with Crippen molar-refractivity contribution in [3.8, 4) is 0 Å². The second-order valence-electron chi connectivity index (χ2n) is 6.60. The maximum atomic E-state index is 11.3. The number of ether oxygens (including phenoxy) is 1. The number of unbranched alkanes of at least 4 members (excludes halogenated alkanes) is 3. The predicted molar refractivity (Wildman–Crippen MR) is 77.8 cm³/mol. The van der Waals surface area contributed by atoms with Crippen molar-refractivity contribution in [1.82, 2.24) is 0 Å². The second-order valence-corrected chi connectivity index (χ2v) is 6.60. The van der Waals surface area contributed by atoms with Crippen LogP contribution in [0.25, 0.3) is 0 Å². The van der Waals surface area contributed by atoms with Gasteiger partial charge in [-0.3, -0.25) is 4.79 Å². The van der Waals surface area contributed by atoms with Gasteiger partial charge in [0.05, 0.1) is 6.42 Å². The summed E-state index contributed by atoms with van der Waals surface area (Å²) in [7, 11) is 0. The van der Waals surface area contributed by atoms with Crippen LogP contribution in [0.2, 0.25) is 0 Å². The van der Waals surface area contributed by atoms with Gasteiger partial charge in [0.15, 0.2) is 0 Å². The lowest BCUT2D eigenvalue weighted by atomic mass is 9.92. The molecule has 2 nitrogen and oxygen atoms in total. The Morgan fingerprint density at radius 3 is 2.89 bits per heavy atom. The fraction of sp³-hybridized carbons (Fsp3) is 0.824. The summed E-state index contributed by atoms with van der Waals surface area (Å²) in [5.74, 6) is 1.92. The number of allylic oxidation sites excluding steroid dienone is 2. The Morgan fingerprint density at radius 2 is 2.11 bits per heavy atom. The van der Waals surface area contributed by atoms with Crippen molar-refractivity contribution in [2.24, 2.45) is 17.8 Å². The van der Waals surface area contributed by atoms with Crippen LogP contribution < -0.4 is 0 Å². The number of fused-ring (bicyclic) bond motifs is 1. The lowest BCUT2D eigenvalue weighted by molar-refractivity contribution is -0.141. The van der Waals surface area contributed by atoms with Gasteiger partial charge in [-0.25, -0.2) is 0 Å². The van der Waals surface area contributed by atoms with Crippen LogP contribution in [-0.4, -0.2) is 12.1 Å². The third-order valence-corrected chi connectivity index (χ3v) is 4.53. The van der Waals surface area contributed by atoms with E-state index in [1.165, 1.54) is 38.5 Å². The first kappa shape index (κ1) is 14.6. The molecule has 1 heterocycles. The summed E-state index contributed by atoms with van der Waals surface area (Å²) < 4.78 is 5.32. The topological polar surface area (TPSA) is 26.3 Å². The zero-order valence-corrected chi connectivity index (χ0v) is 12.4. The second kappa shape index (κ2) is 7.12. The molecule has 2 aliphatic rings. The van der Waals surface area contributed by atoms with E-state index in [4.69, 9.17) is 4.74 Å². The monoisotopic (exact) mass is 264 g/mol. The van der Waals surface area contributed by atoms with Gasteiger partial charge in [-0.2, -0.15) is 0 Å². The molecule has 1 aliphatic heterocycles. The van der Waals surface area contributed by atoms with E-state index >= 15 is 0 Å². The first-order chi connectivity index (χ1) is 9.16. The summed E-state index contributed by atoms with van der Waals surface area (Å²) in [4.78, 5) is 11.3. The molecular weight excluding hydrogens is 236 g/mol. The van der Waals surface area contributed by atoms with Gasteiger partial charge in [-0.05, 0) is 37.5 Å². The summed E-state index contributed by atoms with van der Waals surface area (Å²) in [6.07, 6.45) is 14.4. The first-order valence-electron chi connectivity index (χ1n) is 8.03. The zero-order chi connectivity index (χ0) is 13.7. The Bertz CT molecular complexity index is 319. The standard InChI is InChI=1S/C17H28O2/c1-13(2)8-6-4-3-5-7-9-14-10-11-16-15(14)12-17(18)19-16/h7,9,13-16H,3-6,8,10-12H2,1-2H3/b9-7+. The van der Waals surface area contributed by atoms with Crippen molar-refractivity contribution in [3.05, 3.63) is 12.2 Å². The molecule has 0 aromatic carbocycles. The highest BCUT2D eigenvalue weighted by atomic mass is 16.5. The summed E-state index contributed by atoms with van der Waals surface area (Å²) in [5, 5.41) is 0. The Labute approximate surface area is 117 Å². The van der Waals surface area contributed by atoms with Gasteiger partial charge in [0.2, 0.25) is 0 Å². The molecule has 1 saturated carbocycles. The van der Waals surface area contributed by atoms with E-state index in [-0.39, 0.29) is 12.1 Å². The van der Waals surface area contributed by atoms with Gasteiger partial charge < -0.3 is 4.74 Å². The van der Waals surface area contributed by atoms with Crippen molar-refractivity contribution < 1.29 is 9.53 Å². The van der Waals surface area contributed by atoms with Gasteiger partial charge in [0, 0.05) is 5.92 Å². The Hall–Kier alpha value is -0.790. The highest BCUT2D eigenvalue weighted by Crippen LogP contribution is 2.41. The van der Waals surface area contributed by atoms with Crippen molar-refractivity contribution in [2.75, 3.05) is 0 Å². The summed E-state index contributed by atoms with van der Waals surface area (Å²) in [6, 6.07) is 0. The molecule has 3 atom stereocenters. The minimum Gasteiger partial charge on any atom is -0.462 e. The molecular formula is C17H28O2. The van der Waals surface area contributed by atoms with E-state index in [1.54, 1.807) is 0 Å². The maximum Gasteiger partial charge on any atom is 0.306 e. The molecule has 0 N–H and O–H groups in total. The smallest absolute Gasteiger partial charge is 0.306 e. The predicted octanol–water partition coefficient (Wildman–Crippen LogP) is 4.49. The molecule has 1 aliphatic carbocycles. The quantitative estimate of drug-likeness (QED) is 0.385. The van der Waals surface area contributed by atoms with E-state index in [2.05, 4.69) is 26.0 Å². The summed E-state index contributed by atoms with van der Waals surface area (Å²) in [6.45, 7) is 4.59. The normalized spacial score (nSPS) is 30.3. The highest BCUT2D eigenvalue weighted by molar-refractivity contribution is 5.72. The lowest BCUT2D eigenvalue weighted by Crippen LogP contribution is -2.11. The Kier molecular flexibility index (Phi) is 5.47. The van der Waals surface area contributed by atoms with E-state index < -0.39 is 0 Å². The Balaban J connectivity index is 1.60. The number of rotatable bonds is 7. The summed E-state index contributed by atoms with van der Waals surface area (Å²) in [5.41, 5.74) is 0. The van der Waals surface area contributed by atoms with Crippen molar-refractivity contribution >= 4 is 5.97 Å². The van der Waals surface area contributed by atoms with Crippen molar-refractivity contribution in [3.63, 3.8) is 0 Å². The number of carbonyl (C=O) groups is 1. The van der Waals surface area contributed by atoms with E-state index in [0.717, 1.165) is 12.3 Å². The minimum absolute atomic E-state index is 0.0155. The molecule has 0 amide bonds. The molecule has 0 bridgehead atoms. The van der Waals surface area contributed by atoms with E-state index in [9.17, 15) is 4.79 Å². The Morgan fingerprint density at radius 1 is 1.26 bits per heavy atom. The van der Waals surface area contributed by atoms with Crippen LogP contribution in [0.15, 0.2) is 12.2 Å². The van der Waals surface area contributed by atoms with E-state index in [1.807, 2.05) is 0 Å². The summed E-state index contributed by atoms with van der Waals surface area (Å²) >= 11 is 0. The van der Waals surface area contributed by atoms with Crippen LogP contribution in [0.5, 0.6) is 0 Å². The average Bonchev–Trinajstić information content (AvgIpc) is 2.87. The van der Waals surface area contributed by atoms with Crippen LogP contribution >= 0.6 is 0 Å². The van der Waals surface area contributed by atoms with Crippen LogP contribution in [0.3, 0.4) is 0 Å². The van der Waals surface area contributed by atoms with Crippen molar-refractivity contribution in [2.45, 2.75) is 71.3 Å². The SMILES string of the molecule is CC(C)CCCCC/C=C/C1CCC2OC(=O)CC12. The molecule has 0 aromatic rings. The van der Waals surface area contributed by atoms with Gasteiger partial charge in [0.25, 0.3) is 0 Å². The largest absolute Gasteiger partial charge is 0.462 e. The third kappa shape index (κ3) is 4.36. The average molecular weight is 264 g/mol. The molecule has 0 radical (unpaired) electrons. The van der Waals surface area contributed by atoms with Crippen molar-refractivity contribution in [1.29, 1.82) is 0 Å². The number of hydrogen-bond acceptors (Lipinski definition) is 2. The van der Waals surface area contributed by atoms with Crippen LogP contribution in [0.1, 0.15) is 65.2 Å². The third-order valence-electron chi connectivity index (χ3n) is 4.53. The van der Waals surface area contributed by atoms with E-state index in [0.29, 0.717) is 18.3 Å². The number of esters is 1. The van der Waals surface area contributed by atoms with Gasteiger partial charge in [-0.15, -0.1) is 0 Å². The lowest BCUT2D eigenvalue weighted by Gasteiger charge is -2.11. The molecule has 0 aromatic heterocycles. The molecule has 3 unspecified atom stereocenters. The van der Waals surface area contributed by atoms with Gasteiger partial charge >= 0.3 is 5.97 Å². The number of carbonyl (C=O) groups excluding carboxylic acids is 1. The van der Waals surface area contributed by atoms with Gasteiger partial charge in [-0.1, -0.05) is 45.3 Å². The fourth-order valence-corrected chi connectivity index (χ4v) is 3.40. The van der Waals surface area contributed by atoms with Crippen LogP contribution in [0.4, 0.5) is 0 Å². The highest BCUT2D eigenvalue weighted by Gasteiger charge is 2.43. The molecule has 108 valence electrons. The number of hydrogen-bond donors (Lipinski definition) is 0. The molecule has 2 heteroatoms. The fourth-order valence-electron chi connectivity index (χ4n) is 3.40. The van der Waals surface area contributed by atoms with Crippen LogP contribution in [-0.2, 0) is 9.53 Å².